The fraction of sp³-hybridized carbons (Fsp3) is 0.529. The standard InChI is InChI=1S/C12H19NO2.C12H17NO.C9H13NO.C7H7ClO2S.C5H11NO.C3H6O.C2H6O.CH4.3ClH/c1-11(15)9-13(7-8-14)10-12-5-3-2-4-6-12;1-11-9-13(7-8-14-11)10-12-5-3-2-4-6-12;11-7-6-10-8-9-4-2-1-3-5-9;1-6-2-4-7(5-3-6)11(8,9)10;1-5-4-6-2-3-7-5;1-3-2-4-3;1-2-3;;;;/h2-6,11,14-15H,7-10H2,1H3;2-6,11H,7-10H2,1H3;1-5,10-11H,6-8H2;2-5H,1H3;5-6H,2-4H2,1H3;3H,2H2,1H3;3H,2H2,1H3;1H4;3*1H/t2*11-;;;5-;3-;;;;;/m11..11...../s1. The fourth-order valence-electron chi connectivity index (χ4n) is 5.87. The van der Waals surface area contributed by atoms with Crippen LogP contribution in [-0.2, 0) is 42.9 Å². The van der Waals surface area contributed by atoms with Crippen LogP contribution in [0.4, 0.5) is 0 Å². The average molecular weight is 1070 g/mol. The zero-order valence-corrected chi connectivity index (χ0v) is 44.9. The highest BCUT2D eigenvalue weighted by Crippen LogP contribution is 2.14. The molecule has 6 N–H and O–H groups in total. The third-order valence-corrected chi connectivity index (χ3v) is 10.5. The minimum Gasteiger partial charge on any atom is -0.397 e. The predicted molar refractivity (Wildman–Crippen MR) is 292 cm³/mol. The van der Waals surface area contributed by atoms with Gasteiger partial charge in [-0.15, -0.1) is 37.2 Å². The Morgan fingerprint density at radius 2 is 1.26 bits per heavy atom. The zero-order chi connectivity index (χ0) is 48.1. The number of halogens is 4. The molecule has 0 aliphatic carbocycles. The lowest BCUT2D eigenvalue weighted by Crippen LogP contribution is -2.40. The first-order valence-electron chi connectivity index (χ1n) is 22.5. The van der Waals surface area contributed by atoms with Gasteiger partial charge in [-0.3, -0.25) is 9.80 Å². The first-order valence-corrected chi connectivity index (χ1v) is 24.9. The van der Waals surface area contributed by atoms with Crippen LogP contribution in [0.5, 0.6) is 0 Å². The van der Waals surface area contributed by atoms with Crippen molar-refractivity contribution >= 4 is 57.0 Å². The molecular weight excluding hydrogens is 986 g/mol. The van der Waals surface area contributed by atoms with Gasteiger partial charge >= 0.3 is 0 Å². The van der Waals surface area contributed by atoms with Gasteiger partial charge in [0.2, 0.25) is 0 Å². The van der Waals surface area contributed by atoms with E-state index in [2.05, 4.69) is 78.8 Å². The lowest BCUT2D eigenvalue weighted by Gasteiger charge is -2.31. The van der Waals surface area contributed by atoms with Gasteiger partial charge in [0.1, 0.15) is 0 Å². The Morgan fingerprint density at radius 3 is 1.65 bits per heavy atom. The van der Waals surface area contributed by atoms with Gasteiger partial charge in [-0.25, -0.2) is 8.42 Å². The number of epoxide rings is 1. The predicted octanol–water partition coefficient (Wildman–Crippen LogP) is 7.76. The topological polar surface area (TPSA) is 177 Å². The van der Waals surface area contributed by atoms with Crippen molar-refractivity contribution in [2.45, 2.75) is 97.9 Å². The Balaban J connectivity index is -0.000000369. The van der Waals surface area contributed by atoms with Crippen molar-refractivity contribution in [1.82, 2.24) is 20.4 Å². The molecule has 3 fully saturated rings. The number of hydrogen-bond donors (Lipinski definition) is 6. The highest BCUT2D eigenvalue weighted by atomic mass is 35.7. The van der Waals surface area contributed by atoms with E-state index < -0.39 is 9.05 Å². The molecule has 3 aliphatic heterocycles. The molecule has 398 valence electrons. The number of hydrogen-bond acceptors (Lipinski definition) is 13. The number of morpholine rings is 2. The number of aliphatic hydroxyl groups excluding tert-OH is 4. The lowest BCUT2D eigenvalue weighted by atomic mass is 10.2. The molecule has 0 bridgehead atoms. The summed E-state index contributed by atoms with van der Waals surface area (Å²) in [6.07, 6.45) is 1.03. The van der Waals surface area contributed by atoms with Crippen molar-refractivity contribution in [2.24, 2.45) is 0 Å². The van der Waals surface area contributed by atoms with Crippen LogP contribution in [-0.4, -0.2) is 149 Å². The molecule has 0 saturated carbocycles. The van der Waals surface area contributed by atoms with Crippen LogP contribution in [0, 0.1) is 6.92 Å². The lowest BCUT2D eigenvalue weighted by molar-refractivity contribution is -0.0212. The average Bonchev–Trinajstić information content (AvgIpc) is 4.08. The quantitative estimate of drug-likeness (QED) is 0.0436. The van der Waals surface area contributed by atoms with Crippen LogP contribution < -0.4 is 10.6 Å². The number of nitrogens with zero attached hydrogens (tertiary/aromatic N) is 2. The Morgan fingerprint density at radius 1 is 0.768 bits per heavy atom. The zero-order valence-electron chi connectivity index (χ0n) is 40.8. The summed E-state index contributed by atoms with van der Waals surface area (Å²) in [5.41, 5.74) is 4.85. The summed E-state index contributed by atoms with van der Waals surface area (Å²) < 4.78 is 36.8. The van der Waals surface area contributed by atoms with Crippen LogP contribution in [0.15, 0.2) is 120 Å². The van der Waals surface area contributed by atoms with Crippen LogP contribution in [0.2, 0.25) is 0 Å². The summed E-state index contributed by atoms with van der Waals surface area (Å²) in [6.45, 7) is 23.5. The van der Waals surface area contributed by atoms with E-state index >= 15 is 0 Å². The molecule has 0 amide bonds. The second-order valence-electron chi connectivity index (χ2n) is 15.7. The molecule has 3 heterocycles. The third-order valence-electron chi connectivity index (χ3n) is 9.14. The Hall–Kier alpha value is -2.45. The Labute approximate surface area is 439 Å². The van der Waals surface area contributed by atoms with Gasteiger partial charge in [-0.05, 0) is 70.4 Å². The molecule has 7 rings (SSSR count). The van der Waals surface area contributed by atoms with E-state index in [1.807, 2.05) is 60.4 Å². The Kier molecular flexibility index (Phi) is 49.4. The van der Waals surface area contributed by atoms with Crippen molar-refractivity contribution in [2.75, 3.05) is 85.5 Å². The van der Waals surface area contributed by atoms with Gasteiger partial charge in [0.25, 0.3) is 9.05 Å². The summed E-state index contributed by atoms with van der Waals surface area (Å²) in [6, 6.07) is 37.2. The second kappa shape index (κ2) is 46.6. The molecule has 18 heteroatoms. The molecule has 3 aliphatic rings. The molecular formula is C51H86Cl4N4O9S. The van der Waals surface area contributed by atoms with E-state index in [0.717, 1.165) is 71.2 Å². The minimum absolute atomic E-state index is 0. The third kappa shape index (κ3) is 42.9. The van der Waals surface area contributed by atoms with Gasteiger partial charge in [0.05, 0.1) is 62.3 Å². The molecule has 13 nitrogen and oxygen atoms in total. The smallest absolute Gasteiger partial charge is 0.261 e. The van der Waals surface area contributed by atoms with Gasteiger partial charge in [0, 0.05) is 82.7 Å². The summed E-state index contributed by atoms with van der Waals surface area (Å²) >= 11 is 0. The van der Waals surface area contributed by atoms with Gasteiger partial charge < -0.3 is 45.3 Å². The number of aryl methyl sites for hydroxylation is 1. The van der Waals surface area contributed by atoms with Gasteiger partial charge in [-0.1, -0.05) is 116 Å². The van der Waals surface area contributed by atoms with E-state index in [9.17, 15) is 13.5 Å². The minimum atomic E-state index is -3.55. The first kappa shape index (κ1) is 73.1. The van der Waals surface area contributed by atoms with Crippen LogP contribution in [0.3, 0.4) is 0 Å². The number of benzene rings is 4. The maximum Gasteiger partial charge on any atom is 0.261 e. The van der Waals surface area contributed by atoms with Crippen LogP contribution >= 0.6 is 47.9 Å². The van der Waals surface area contributed by atoms with Crippen molar-refractivity contribution in [3.63, 3.8) is 0 Å². The largest absolute Gasteiger partial charge is 0.397 e. The van der Waals surface area contributed by atoms with E-state index in [-0.39, 0.29) is 75.5 Å². The van der Waals surface area contributed by atoms with E-state index in [1.165, 1.54) is 28.8 Å². The van der Waals surface area contributed by atoms with Crippen LogP contribution in [0.25, 0.3) is 0 Å². The normalized spacial score (nSPS) is 17.0. The number of nitrogens with one attached hydrogen (secondary N) is 2. The summed E-state index contributed by atoms with van der Waals surface area (Å²) in [5, 5.41) is 40.6. The highest BCUT2D eigenvalue weighted by molar-refractivity contribution is 8.13. The van der Waals surface area contributed by atoms with E-state index in [4.69, 9.17) is 40.2 Å². The maximum atomic E-state index is 10.7. The van der Waals surface area contributed by atoms with Crippen molar-refractivity contribution < 1.29 is 43.1 Å². The van der Waals surface area contributed by atoms with E-state index in [1.54, 1.807) is 26.0 Å². The van der Waals surface area contributed by atoms with Crippen molar-refractivity contribution in [1.29, 1.82) is 0 Å². The molecule has 4 aromatic rings. The van der Waals surface area contributed by atoms with Gasteiger partial charge in [0.15, 0.2) is 0 Å². The van der Waals surface area contributed by atoms with Crippen molar-refractivity contribution in [3.8, 4) is 0 Å². The molecule has 0 spiro atoms. The summed E-state index contributed by atoms with van der Waals surface area (Å²) in [7, 11) is 1.54. The summed E-state index contributed by atoms with van der Waals surface area (Å²) in [5.74, 6) is 0. The summed E-state index contributed by atoms with van der Waals surface area (Å²) in [4.78, 5) is 4.63. The molecule has 3 saturated heterocycles. The first-order chi connectivity index (χ1) is 31.2. The number of rotatable bonds is 13. The number of aliphatic hydroxyl groups is 4. The van der Waals surface area contributed by atoms with Crippen molar-refractivity contribution in [3.05, 3.63) is 138 Å². The fourth-order valence-corrected chi connectivity index (χ4v) is 6.64. The molecule has 0 unspecified atom stereocenters. The molecule has 4 atom stereocenters. The number of ether oxygens (including phenoxy) is 3. The molecule has 0 aromatic heterocycles. The highest BCUT2D eigenvalue weighted by Gasteiger charge is 2.16. The molecule has 69 heavy (non-hydrogen) atoms. The Bertz CT molecular complexity index is 1790. The van der Waals surface area contributed by atoms with Crippen LogP contribution in [0.1, 0.15) is 64.3 Å². The van der Waals surface area contributed by atoms with Gasteiger partial charge in [-0.2, -0.15) is 0 Å². The SMILES string of the molecule is C.CCO.C[C@@H](O)CN(CCO)Cc1ccccc1.C[C@@H]1CN(Cc2ccccc2)CCO1.C[C@@H]1CNCCO1.C[C@@H]1CO1.Cc1ccc(S(=O)(=O)Cl)cc1.Cl.Cl.Cl.OCCNCc1ccccc1. The van der Waals surface area contributed by atoms with E-state index in [0.29, 0.717) is 37.9 Å². The monoisotopic (exact) mass is 1070 g/mol. The molecule has 4 aromatic carbocycles. The maximum absolute atomic E-state index is 10.7. The molecule has 0 radical (unpaired) electrons. The second-order valence-corrected chi connectivity index (χ2v) is 18.2.